The summed E-state index contributed by atoms with van der Waals surface area (Å²) in [7, 11) is 0. The molecule has 2 aromatic rings. The summed E-state index contributed by atoms with van der Waals surface area (Å²) >= 11 is 19.6. The third-order valence-electron chi connectivity index (χ3n) is 5.53. The molecule has 0 aliphatic heterocycles. The highest BCUT2D eigenvalue weighted by Gasteiger charge is 2.43. The van der Waals surface area contributed by atoms with Gasteiger partial charge in [0, 0.05) is 0 Å². The Labute approximate surface area is 184 Å². The van der Waals surface area contributed by atoms with Crippen LogP contribution in [0.15, 0.2) is 60.7 Å². The number of nitrogens with zero attached hydrogens (tertiary/aromatic N) is 2. The maximum atomic E-state index is 6.55. The van der Waals surface area contributed by atoms with E-state index in [-0.39, 0.29) is 0 Å². The third kappa shape index (κ3) is 5.16. The second kappa shape index (κ2) is 8.83. The van der Waals surface area contributed by atoms with E-state index in [2.05, 4.69) is 20.8 Å². The zero-order valence-electron chi connectivity index (χ0n) is 16.7. The third-order valence-corrected chi connectivity index (χ3v) is 6.01. The van der Waals surface area contributed by atoms with Gasteiger partial charge in [-0.1, -0.05) is 92.0 Å². The van der Waals surface area contributed by atoms with E-state index in [4.69, 9.17) is 34.8 Å². The summed E-state index contributed by atoms with van der Waals surface area (Å²) in [6, 6.07) is 21.3. The van der Waals surface area contributed by atoms with Gasteiger partial charge in [-0.15, -0.1) is 0 Å². The standard InChI is InChI=1S/C23H28Cl3N2/c1-22(2,3)18-14-16-21(17-15-18)28(23(24,25)26)27(19-10-6-4-7-11-19)20-12-8-5-9-13-20/h4-13,18H,14-17H2,1-3H3. The van der Waals surface area contributed by atoms with Crippen LogP contribution in [0.25, 0.3) is 0 Å². The molecule has 28 heavy (non-hydrogen) atoms. The van der Waals surface area contributed by atoms with Gasteiger partial charge in [0.1, 0.15) is 0 Å². The molecule has 0 aromatic heterocycles. The summed E-state index contributed by atoms with van der Waals surface area (Å²) in [6.07, 6.45) is 4.05. The first kappa shape index (κ1) is 21.8. The SMILES string of the molecule is CC(C)(C)C1CC[C](N(N(c2ccccc2)c2ccccc2)C(Cl)(Cl)Cl)CC1. The first-order valence-electron chi connectivity index (χ1n) is 9.80. The minimum atomic E-state index is -1.59. The van der Waals surface area contributed by atoms with Crippen LogP contribution in [0, 0.1) is 17.4 Å². The molecule has 0 saturated heterocycles. The van der Waals surface area contributed by atoms with E-state index < -0.39 is 3.92 Å². The Bertz CT molecular complexity index is 690. The molecule has 1 radical (unpaired) electrons. The Morgan fingerprint density at radius 3 is 1.54 bits per heavy atom. The Balaban J connectivity index is 1.97. The van der Waals surface area contributed by atoms with Crippen LogP contribution in [0.5, 0.6) is 0 Å². The average molecular weight is 439 g/mol. The van der Waals surface area contributed by atoms with E-state index >= 15 is 0 Å². The number of hydrogen-bond donors (Lipinski definition) is 0. The fourth-order valence-electron chi connectivity index (χ4n) is 3.98. The normalized spacial score (nSPS) is 17.1. The molecule has 2 nitrogen and oxygen atoms in total. The van der Waals surface area contributed by atoms with Crippen LogP contribution in [0.1, 0.15) is 46.5 Å². The molecule has 151 valence electrons. The van der Waals surface area contributed by atoms with Gasteiger partial charge in [0.05, 0.1) is 17.4 Å². The van der Waals surface area contributed by atoms with E-state index in [0.717, 1.165) is 43.1 Å². The van der Waals surface area contributed by atoms with Crippen molar-refractivity contribution in [1.29, 1.82) is 0 Å². The molecule has 2 aromatic carbocycles. The number of hydrogen-bond acceptors (Lipinski definition) is 2. The highest BCUT2D eigenvalue weighted by molar-refractivity contribution is 6.67. The maximum Gasteiger partial charge on any atom is 0.265 e. The average Bonchev–Trinajstić information content (AvgIpc) is 2.66. The highest BCUT2D eigenvalue weighted by Crippen LogP contribution is 2.48. The smallest absolute Gasteiger partial charge is 0.265 e. The van der Waals surface area contributed by atoms with Crippen LogP contribution >= 0.6 is 34.8 Å². The fraction of sp³-hybridized carbons (Fsp3) is 0.435. The number of hydrazine groups is 1. The lowest BCUT2D eigenvalue weighted by atomic mass is 9.71. The first-order valence-corrected chi connectivity index (χ1v) is 10.9. The minimum Gasteiger partial charge on any atom is -0.270 e. The molecule has 0 N–H and O–H groups in total. The first-order chi connectivity index (χ1) is 13.2. The molecule has 0 atom stereocenters. The molecular weight excluding hydrogens is 411 g/mol. The summed E-state index contributed by atoms with van der Waals surface area (Å²) in [4.78, 5) is 0. The van der Waals surface area contributed by atoms with Crippen LogP contribution < -0.4 is 5.01 Å². The van der Waals surface area contributed by atoms with Crippen molar-refractivity contribution >= 4 is 46.2 Å². The predicted octanol–water partition coefficient (Wildman–Crippen LogP) is 8.14. The minimum absolute atomic E-state index is 0.300. The van der Waals surface area contributed by atoms with Crippen LogP contribution in [0.3, 0.4) is 0 Å². The van der Waals surface area contributed by atoms with Crippen molar-refractivity contribution in [3.8, 4) is 0 Å². The Kier molecular flexibility index (Phi) is 6.87. The zero-order chi connectivity index (χ0) is 20.4. The van der Waals surface area contributed by atoms with Crippen molar-refractivity contribution in [1.82, 2.24) is 5.01 Å². The molecule has 0 spiro atoms. The van der Waals surface area contributed by atoms with Gasteiger partial charge in [-0.05, 0) is 61.3 Å². The van der Waals surface area contributed by atoms with Gasteiger partial charge >= 0.3 is 0 Å². The van der Waals surface area contributed by atoms with Gasteiger partial charge in [0.25, 0.3) is 3.92 Å². The van der Waals surface area contributed by atoms with Crippen LogP contribution in [-0.4, -0.2) is 8.93 Å². The molecule has 0 unspecified atom stereocenters. The van der Waals surface area contributed by atoms with Gasteiger partial charge in [-0.25, -0.2) is 0 Å². The molecule has 1 aliphatic rings. The summed E-state index contributed by atoms with van der Waals surface area (Å²) in [5.74, 6) is 0.676. The molecule has 3 rings (SSSR count). The summed E-state index contributed by atoms with van der Waals surface area (Å²) < 4.78 is -1.59. The van der Waals surface area contributed by atoms with E-state index in [1.54, 1.807) is 0 Å². The van der Waals surface area contributed by atoms with Gasteiger partial charge in [-0.2, -0.15) is 5.01 Å². The van der Waals surface area contributed by atoms with Crippen molar-refractivity contribution in [2.24, 2.45) is 11.3 Å². The van der Waals surface area contributed by atoms with Crippen LogP contribution in [0.4, 0.5) is 11.4 Å². The fourth-order valence-corrected chi connectivity index (χ4v) is 4.57. The van der Waals surface area contributed by atoms with Crippen molar-refractivity contribution in [3.05, 3.63) is 66.7 Å². The quantitative estimate of drug-likeness (QED) is 0.270. The molecule has 1 fully saturated rings. The lowest BCUT2D eigenvalue weighted by molar-refractivity contribution is 0.145. The monoisotopic (exact) mass is 437 g/mol. The van der Waals surface area contributed by atoms with Crippen molar-refractivity contribution in [2.75, 3.05) is 5.01 Å². The second-order valence-electron chi connectivity index (χ2n) is 8.47. The Morgan fingerprint density at radius 2 is 1.18 bits per heavy atom. The lowest BCUT2D eigenvalue weighted by Gasteiger charge is -2.47. The van der Waals surface area contributed by atoms with Crippen LogP contribution in [-0.2, 0) is 0 Å². The molecule has 1 aliphatic carbocycles. The molecule has 0 amide bonds. The number of para-hydroxylation sites is 2. The highest BCUT2D eigenvalue weighted by atomic mass is 35.6. The topological polar surface area (TPSA) is 6.48 Å². The molecule has 0 heterocycles. The number of anilines is 2. The summed E-state index contributed by atoms with van der Waals surface area (Å²) in [6.45, 7) is 6.95. The van der Waals surface area contributed by atoms with Gasteiger partial charge in [0.15, 0.2) is 0 Å². The molecule has 1 saturated carbocycles. The lowest BCUT2D eigenvalue weighted by Crippen LogP contribution is -2.50. The van der Waals surface area contributed by atoms with Gasteiger partial charge < -0.3 is 0 Å². The van der Waals surface area contributed by atoms with E-state index in [1.165, 1.54) is 0 Å². The van der Waals surface area contributed by atoms with Crippen molar-refractivity contribution in [3.63, 3.8) is 0 Å². The van der Waals surface area contributed by atoms with Crippen molar-refractivity contribution < 1.29 is 0 Å². The van der Waals surface area contributed by atoms with E-state index in [9.17, 15) is 0 Å². The number of rotatable bonds is 4. The van der Waals surface area contributed by atoms with Gasteiger partial charge in [-0.3, -0.25) is 5.01 Å². The molecule has 0 bridgehead atoms. The van der Waals surface area contributed by atoms with Crippen molar-refractivity contribution in [2.45, 2.75) is 50.4 Å². The number of alkyl halides is 3. The van der Waals surface area contributed by atoms with Crippen LogP contribution in [0.2, 0.25) is 0 Å². The van der Waals surface area contributed by atoms with Gasteiger partial charge in [0.2, 0.25) is 0 Å². The Morgan fingerprint density at radius 1 is 0.750 bits per heavy atom. The molecular formula is C23H28Cl3N2. The van der Waals surface area contributed by atoms with E-state index in [0.29, 0.717) is 11.3 Å². The maximum absolute atomic E-state index is 6.55. The zero-order valence-corrected chi connectivity index (χ0v) is 19.0. The summed E-state index contributed by atoms with van der Waals surface area (Å²) in [5.41, 5.74) is 2.23. The van der Waals surface area contributed by atoms with E-state index in [1.807, 2.05) is 70.7 Å². The second-order valence-corrected chi connectivity index (χ2v) is 10.7. The summed E-state index contributed by atoms with van der Waals surface area (Å²) in [5, 5.41) is 3.89. The predicted molar refractivity (Wildman–Crippen MR) is 122 cm³/mol. The number of halogens is 3. The molecule has 5 heteroatoms. The Hall–Kier alpha value is -0.930. The number of benzene rings is 2. The largest absolute Gasteiger partial charge is 0.270 e.